The van der Waals surface area contributed by atoms with Gasteiger partial charge < -0.3 is 5.73 Å². The fourth-order valence-electron chi connectivity index (χ4n) is 0.935. The maximum absolute atomic E-state index is 5.39. The van der Waals surface area contributed by atoms with Crippen molar-refractivity contribution in [3.63, 3.8) is 0 Å². The molecule has 12 heavy (non-hydrogen) atoms. The van der Waals surface area contributed by atoms with Gasteiger partial charge in [-0.15, -0.1) is 12.4 Å². The predicted molar refractivity (Wildman–Crippen MR) is 51.2 cm³/mol. The van der Waals surface area contributed by atoms with E-state index in [1.54, 1.807) is 6.20 Å². The minimum absolute atomic E-state index is 0. The Labute approximate surface area is 78.8 Å². The molecule has 1 rings (SSSR count). The van der Waals surface area contributed by atoms with Crippen molar-refractivity contribution < 1.29 is 0 Å². The summed E-state index contributed by atoms with van der Waals surface area (Å²) in [6.45, 7) is 2.56. The minimum Gasteiger partial charge on any atom is -0.324 e. The molecule has 0 atom stereocenters. The molecule has 0 saturated carbocycles. The second-order valence-electron chi connectivity index (χ2n) is 2.42. The fraction of sp³-hybridized carbons (Fsp3) is 0.500. The zero-order valence-electron chi connectivity index (χ0n) is 7.16. The molecule has 0 amide bonds. The summed E-state index contributed by atoms with van der Waals surface area (Å²) in [5, 5.41) is 0. The van der Waals surface area contributed by atoms with Gasteiger partial charge in [-0.25, -0.2) is 9.97 Å². The maximum Gasteiger partial charge on any atom is 0.142 e. The molecule has 1 aromatic heterocycles. The molecule has 0 aliphatic carbocycles. The summed E-state index contributed by atoms with van der Waals surface area (Å²) in [4.78, 5) is 8.25. The van der Waals surface area contributed by atoms with Gasteiger partial charge in [0.2, 0.25) is 0 Å². The van der Waals surface area contributed by atoms with Crippen molar-refractivity contribution in [3.8, 4) is 0 Å². The standard InChI is InChI=1S/C8H13N3.ClH/c1-2-3-7-4-5-10-8(6-9)11-7;/h4-5H,2-3,6,9H2,1H3;1H. The number of hydrogen-bond acceptors (Lipinski definition) is 3. The van der Waals surface area contributed by atoms with Crippen LogP contribution in [0.15, 0.2) is 12.3 Å². The van der Waals surface area contributed by atoms with Crippen LogP contribution in [0.5, 0.6) is 0 Å². The van der Waals surface area contributed by atoms with E-state index in [-0.39, 0.29) is 12.4 Å². The second kappa shape index (κ2) is 5.91. The summed E-state index contributed by atoms with van der Waals surface area (Å²) in [6, 6.07) is 1.93. The summed E-state index contributed by atoms with van der Waals surface area (Å²) >= 11 is 0. The van der Waals surface area contributed by atoms with Crippen molar-refractivity contribution >= 4 is 12.4 Å². The SMILES string of the molecule is CCCc1ccnc(CN)n1.Cl. The molecule has 4 heteroatoms. The Morgan fingerprint density at radius 1 is 1.50 bits per heavy atom. The zero-order chi connectivity index (χ0) is 8.10. The maximum atomic E-state index is 5.39. The van der Waals surface area contributed by atoms with Gasteiger partial charge in [0.05, 0.1) is 6.54 Å². The van der Waals surface area contributed by atoms with Crippen LogP contribution >= 0.6 is 12.4 Å². The molecule has 0 fully saturated rings. The van der Waals surface area contributed by atoms with Crippen LogP contribution in [-0.2, 0) is 13.0 Å². The van der Waals surface area contributed by atoms with Gasteiger partial charge in [0, 0.05) is 11.9 Å². The summed E-state index contributed by atoms with van der Waals surface area (Å²) in [5.74, 6) is 0.732. The lowest BCUT2D eigenvalue weighted by Gasteiger charge is -1.98. The zero-order valence-corrected chi connectivity index (χ0v) is 7.97. The molecule has 1 aromatic rings. The van der Waals surface area contributed by atoms with E-state index in [9.17, 15) is 0 Å². The highest BCUT2D eigenvalue weighted by Crippen LogP contribution is 1.98. The Morgan fingerprint density at radius 2 is 2.25 bits per heavy atom. The van der Waals surface area contributed by atoms with Crippen molar-refractivity contribution in [2.45, 2.75) is 26.3 Å². The highest BCUT2D eigenvalue weighted by molar-refractivity contribution is 5.85. The van der Waals surface area contributed by atoms with Gasteiger partial charge in [0.15, 0.2) is 0 Å². The van der Waals surface area contributed by atoms with Gasteiger partial charge in [-0.2, -0.15) is 0 Å². The number of nitrogens with zero attached hydrogens (tertiary/aromatic N) is 2. The molecular weight excluding hydrogens is 174 g/mol. The molecule has 68 valence electrons. The average Bonchev–Trinajstić information content (AvgIpc) is 2.06. The third-order valence-electron chi connectivity index (χ3n) is 1.45. The Morgan fingerprint density at radius 3 is 2.83 bits per heavy atom. The fourth-order valence-corrected chi connectivity index (χ4v) is 0.935. The second-order valence-corrected chi connectivity index (χ2v) is 2.42. The highest BCUT2D eigenvalue weighted by atomic mass is 35.5. The molecule has 0 aromatic carbocycles. The normalized spacial score (nSPS) is 9.17. The van der Waals surface area contributed by atoms with Crippen LogP contribution in [0.1, 0.15) is 24.9 Å². The number of aromatic nitrogens is 2. The molecule has 0 spiro atoms. The minimum atomic E-state index is 0. The van der Waals surface area contributed by atoms with Gasteiger partial charge in [-0.3, -0.25) is 0 Å². The van der Waals surface area contributed by atoms with Gasteiger partial charge >= 0.3 is 0 Å². The smallest absolute Gasteiger partial charge is 0.142 e. The molecule has 1 heterocycles. The third kappa shape index (κ3) is 3.15. The number of rotatable bonds is 3. The molecule has 3 nitrogen and oxygen atoms in total. The van der Waals surface area contributed by atoms with E-state index < -0.39 is 0 Å². The van der Waals surface area contributed by atoms with E-state index >= 15 is 0 Å². The highest BCUT2D eigenvalue weighted by Gasteiger charge is 1.94. The van der Waals surface area contributed by atoms with Gasteiger partial charge in [0.1, 0.15) is 5.82 Å². The monoisotopic (exact) mass is 187 g/mol. The molecule has 0 unspecified atom stereocenters. The largest absolute Gasteiger partial charge is 0.324 e. The van der Waals surface area contributed by atoms with Gasteiger partial charge in [-0.05, 0) is 12.5 Å². The Hall–Kier alpha value is -0.670. The lowest BCUT2D eigenvalue weighted by molar-refractivity contribution is 0.824. The molecule has 0 saturated heterocycles. The van der Waals surface area contributed by atoms with E-state index in [1.165, 1.54) is 0 Å². The number of nitrogens with two attached hydrogens (primary N) is 1. The van der Waals surface area contributed by atoms with Crippen molar-refractivity contribution in [2.24, 2.45) is 5.73 Å². The van der Waals surface area contributed by atoms with Crippen LogP contribution in [0.25, 0.3) is 0 Å². The predicted octanol–water partition coefficient (Wildman–Crippen LogP) is 1.31. The van der Waals surface area contributed by atoms with Crippen molar-refractivity contribution in [3.05, 3.63) is 23.8 Å². The summed E-state index contributed by atoms with van der Waals surface area (Å²) in [5.41, 5.74) is 6.48. The Bertz CT molecular complexity index is 227. The van der Waals surface area contributed by atoms with Gasteiger partial charge in [-0.1, -0.05) is 13.3 Å². The number of halogens is 1. The molecular formula is C8H14ClN3. The first-order valence-electron chi connectivity index (χ1n) is 3.87. The summed E-state index contributed by atoms with van der Waals surface area (Å²) < 4.78 is 0. The van der Waals surface area contributed by atoms with E-state index in [1.807, 2.05) is 6.07 Å². The first kappa shape index (κ1) is 11.3. The number of hydrogen-bond donors (Lipinski definition) is 1. The lowest BCUT2D eigenvalue weighted by Crippen LogP contribution is -2.04. The van der Waals surface area contributed by atoms with Crippen molar-refractivity contribution in [1.82, 2.24) is 9.97 Å². The van der Waals surface area contributed by atoms with Crippen LogP contribution in [-0.4, -0.2) is 9.97 Å². The van der Waals surface area contributed by atoms with E-state index in [4.69, 9.17) is 5.73 Å². The topological polar surface area (TPSA) is 51.8 Å². The summed E-state index contributed by atoms with van der Waals surface area (Å²) in [6.07, 6.45) is 3.89. The van der Waals surface area contributed by atoms with E-state index in [2.05, 4.69) is 16.9 Å². The summed E-state index contributed by atoms with van der Waals surface area (Å²) in [7, 11) is 0. The lowest BCUT2D eigenvalue weighted by atomic mass is 10.2. The van der Waals surface area contributed by atoms with Crippen LogP contribution in [0.4, 0.5) is 0 Å². The molecule has 0 aliphatic rings. The van der Waals surface area contributed by atoms with E-state index in [0.29, 0.717) is 6.54 Å². The molecule has 0 bridgehead atoms. The van der Waals surface area contributed by atoms with Gasteiger partial charge in [0.25, 0.3) is 0 Å². The first-order valence-corrected chi connectivity index (χ1v) is 3.87. The van der Waals surface area contributed by atoms with Crippen LogP contribution in [0.3, 0.4) is 0 Å². The Balaban J connectivity index is 0.00000121. The quantitative estimate of drug-likeness (QED) is 0.777. The first-order chi connectivity index (χ1) is 5.36. The number of aryl methyl sites for hydroxylation is 1. The van der Waals surface area contributed by atoms with Crippen LogP contribution in [0, 0.1) is 0 Å². The van der Waals surface area contributed by atoms with Crippen molar-refractivity contribution in [2.75, 3.05) is 0 Å². The molecule has 2 N–H and O–H groups in total. The average molecular weight is 188 g/mol. The van der Waals surface area contributed by atoms with Crippen molar-refractivity contribution in [1.29, 1.82) is 0 Å². The molecule has 0 radical (unpaired) electrons. The van der Waals surface area contributed by atoms with E-state index in [0.717, 1.165) is 24.4 Å². The Kier molecular flexibility index (Phi) is 5.58. The third-order valence-corrected chi connectivity index (χ3v) is 1.45. The van der Waals surface area contributed by atoms with Crippen LogP contribution in [0.2, 0.25) is 0 Å². The molecule has 0 aliphatic heterocycles. The van der Waals surface area contributed by atoms with Crippen LogP contribution < -0.4 is 5.73 Å².